The quantitative estimate of drug-likeness (QED) is 0.623. The summed E-state index contributed by atoms with van der Waals surface area (Å²) < 4.78 is 16.3. The van der Waals surface area contributed by atoms with Crippen molar-refractivity contribution < 1.29 is 23.8 Å². The van der Waals surface area contributed by atoms with Crippen LogP contribution in [-0.2, 0) is 14.3 Å². The van der Waals surface area contributed by atoms with E-state index < -0.39 is 12.2 Å². The highest BCUT2D eigenvalue weighted by molar-refractivity contribution is 5.97. The van der Waals surface area contributed by atoms with E-state index in [4.69, 9.17) is 14.2 Å². The molecule has 1 aliphatic rings. The first-order valence-corrected chi connectivity index (χ1v) is 7.96. The number of amides is 1. The summed E-state index contributed by atoms with van der Waals surface area (Å²) in [7, 11) is 1.47. The number of carbonyl (C=O) groups excluding carboxylic acids is 2. The molecule has 0 radical (unpaired) electrons. The first kappa shape index (κ1) is 17.5. The molecule has 7 nitrogen and oxygen atoms in total. The van der Waals surface area contributed by atoms with Crippen LogP contribution in [-0.4, -0.2) is 29.9 Å². The maximum Gasteiger partial charge on any atom is 0.308 e. The first-order chi connectivity index (χ1) is 12.5. The molecule has 2 aromatic carbocycles. The second-order valence-electron chi connectivity index (χ2n) is 5.61. The summed E-state index contributed by atoms with van der Waals surface area (Å²) in [5, 5.41) is 5.59. The first-order valence-electron chi connectivity index (χ1n) is 7.96. The SMILES string of the molecule is COc1cc(C2=NN(C(C)=O)[C@@H](c3ccccc3)O2)ccc1OC(C)=O. The summed E-state index contributed by atoms with van der Waals surface area (Å²) >= 11 is 0. The third kappa shape index (κ3) is 3.51. The maximum absolute atomic E-state index is 12.0. The van der Waals surface area contributed by atoms with E-state index >= 15 is 0 Å². The van der Waals surface area contributed by atoms with Crippen molar-refractivity contribution in [2.45, 2.75) is 20.1 Å². The van der Waals surface area contributed by atoms with Gasteiger partial charge in [-0.15, -0.1) is 5.10 Å². The van der Waals surface area contributed by atoms with Crippen molar-refractivity contribution in [1.82, 2.24) is 5.01 Å². The van der Waals surface area contributed by atoms with Gasteiger partial charge in [-0.05, 0) is 18.2 Å². The fourth-order valence-electron chi connectivity index (χ4n) is 2.56. The molecule has 1 atom stereocenters. The lowest BCUT2D eigenvalue weighted by Crippen LogP contribution is -2.25. The van der Waals surface area contributed by atoms with Gasteiger partial charge in [0.05, 0.1) is 7.11 Å². The van der Waals surface area contributed by atoms with E-state index in [1.165, 1.54) is 26.0 Å². The zero-order chi connectivity index (χ0) is 18.7. The van der Waals surface area contributed by atoms with Crippen molar-refractivity contribution in [3.05, 3.63) is 59.7 Å². The lowest BCUT2D eigenvalue weighted by Gasteiger charge is -2.19. The zero-order valence-corrected chi connectivity index (χ0v) is 14.6. The van der Waals surface area contributed by atoms with Crippen LogP contribution in [0, 0.1) is 0 Å². The molecule has 1 amide bonds. The highest BCUT2D eigenvalue weighted by Crippen LogP contribution is 2.33. The summed E-state index contributed by atoms with van der Waals surface area (Å²) in [5.41, 5.74) is 1.41. The van der Waals surface area contributed by atoms with Crippen LogP contribution < -0.4 is 9.47 Å². The van der Waals surface area contributed by atoms with Crippen LogP contribution in [0.4, 0.5) is 0 Å². The monoisotopic (exact) mass is 354 g/mol. The Bertz CT molecular complexity index is 863. The number of hydrogen-bond donors (Lipinski definition) is 0. The highest BCUT2D eigenvalue weighted by atomic mass is 16.6. The molecule has 26 heavy (non-hydrogen) atoms. The molecular formula is C19H18N2O5. The van der Waals surface area contributed by atoms with E-state index in [2.05, 4.69) is 5.10 Å². The molecular weight excluding hydrogens is 336 g/mol. The topological polar surface area (TPSA) is 77.4 Å². The number of esters is 1. The van der Waals surface area contributed by atoms with Gasteiger partial charge in [-0.25, -0.2) is 0 Å². The predicted octanol–water partition coefficient (Wildman–Crippen LogP) is 2.86. The molecule has 0 saturated carbocycles. The van der Waals surface area contributed by atoms with Gasteiger partial charge < -0.3 is 14.2 Å². The van der Waals surface area contributed by atoms with E-state index in [0.717, 1.165) is 5.56 Å². The van der Waals surface area contributed by atoms with Crippen molar-refractivity contribution in [1.29, 1.82) is 0 Å². The minimum atomic E-state index is -0.636. The van der Waals surface area contributed by atoms with Gasteiger partial charge in [-0.1, -0.05) is 30.3 Å². The third-order valence-electron chi connectivity index (χ3n) is 3.72. The van der Waals surface area contributed by atoms with E-state index in [1.54, 1.807) is 18.2 Å². The van der Waals surface area contributed by atoms with Gasteiger partial charge in [0, 0.05) is 25.0 Å². The Balaban J connectivity index is 1.93. The fourth-order valence-corrected chi connectivity index (χ4v) is 2.56. The smallest absolute Gasteiger partial charge is 0.308 e. The van der Waals surface area contributed by atoms with Crippen molar-refractivity contribution in [3.63, 3.8) is 0 Å². The minimum Gasteiger partial charge on any atom is -0.493 e. The summed E-state index contributed by atoms with van der Waals surface area (Å²) in [6.07, 6.45) is -0.636. The summed E-state index contributed by atoms with van der Waals surface area (Å²) in [6.45, 7) is 2.74. The van der Waals surface area contributed by atoms with Gasteiger partial charge in [0.25, 0.3) is 0 Å². The molecule has 1 aliphatic heterocycles. The van der Waals surface area contributed by atoms with Crippen LogP contribution in [0.2, 0.25) is 0 Å². The van der Waals surface area contributed by atoms with Gasteiger partial charge in [0.15, 0.2) is 11.5 Å². The fraction of sp³-hybridized carbons (Fsp3) is 0.211. The summed E-state index contributed by atoms with van der Waals surface area (Å²) in [4.78, 5) is 23.1. The van der Waals surface area contributed by atoms with Gasteiger partial charge in [0.1, 0.15) is 0 Å². The second-order valence-corrected chi connectivity index (χ2v) is 5.61. The van der Waals surface area contributed by atoms with Crippen LogP contribution >= 0.6 is 0 Å². The molecule has 0 N–H and O–H groups in total. The second kappa shape index (κ2) is 7.26. The van der Waals surface area contributed by atoms with Crippen LogP contribution in [0.1, 0.15) is 31.2 Å². The minimum absolute atomic E-state index is 0.239. The molecule has 0 aliphatic carbocycles. The van der Waals surface area contributed by atoms with Crippen molar-refractivity contribution in [3.8, 4) is 11.5 Å². The molecule has 3 rings (SSSR count). The molecule has 0 bridgehead atoms. The normalized spacial score (nSPS) is 15.9. The number of benzene rings is 2. The van der Waals surface area contributed by atoms with Crippen molar-refractivity contribution >= 4 is 17.8 Å². The molecule has 0 saturated heterocycles. The van der Waals surface area contributed by atoms with Crippen molar-refractivity contribution in [2.75, 3.05) is 7.11 Å². The van der Waals surface area contributed by atoms with Crippen LogP contribution in [0.25, 0.3) is 0 Å². The maximum atomic E-state index is 12.0. The molecule has 134 valence electrons. The lowest BCUT2D eigenvalue weighted by atomic mass is 10.2. The Morgan fingerprint density at radius 2 is 1.81 bits per heavy atom. The molecule has 1 heterocycles. The number of rotatable bonds is 4. The van der Waals surface area contributed by atoms with Gasteiger partial charge in [0.2, 0.25) is 18.0 Å². The van der Waals surface area contributed by atoms with E-state index in [-0.39, 0.29) is 11.8 Å². The molecule has 2 aromatic rings. The molecule has 7 heteroatoms. The number of carbonyl (C=O) groups is 2. The lowest BCUT2D eigenvalue weighted by molar-refractivity contribution is -0.135. The Kier molecular flexibility index (Phi) is 4.88. The van der Waals surface area contributed by atoms with Gasteiger partial charge >= 0.3 is 5.97 Å². The number of nitrogens with zero attached hydrogens (tertiary/aromatic N) is 2. The van der Waals surface area contributed by atoms with E-state index in [0.29, 0.717) is 17.1 Å². The Morgan fingerprint density at radius 3 is 2.42 bits per heavy atom. The third-order valence-corrected chi connectivity index (χ3v) is 3.72. The van der Waals surface area contributed by atoms with Crippen molar-refractivity contribution in [2.24, 2.45) is 5.10 Å². The molecule has 0 unspecified atom stereocenters. The molecule has 0 fully saturated rings. The Morgan fingerprint density at radius 1 is 1.08 bits per heavy atom. The van der Waals surface area contributed by atoms with E-state index in [1.807, 2.05) is 30.3 Å². The molecule has 0 aromatic heterocycles. The summed E-state index contributed by atoms with van der Waals surface area (Å²) in [6, 6.07) is 14.3. The number of hydrogen-bond acceptors (Lipinski definition) is 6. The van der Waals surface area contributed by atoms with Crippen LogP contribution in [0.15, 0.2) is 53.6 Å². The standard InChI is InChI=1S/C19H18N2O5/c1-12(22)21-19(14-7-5-4-6-8-14)26-18(20-21)15-9-10-16(25-13(2)23)17(11-15)24-3/h4-11,19H,1-3H3/t19-/m1/s1. The Hall–Kier alpha value is -3.35. The van der Waals surface area contributed by atoms with Crippen LogP contribution in [0.3, 0.4) is 0 Å². The zero-order valence-electron chi connectivity index (χ0n) is 14.6. The largest absolute Gasteiger partial charge is 0.493 e. The predicted molar refractivity (Wildman–Crippen MR) is 93.6 cm³/mol. The van der Waals surface area contributed by atoms with E-state index in [9.17, 15) is 9.59 Å². The van der Waals surface area contributed by atoms with Crippen LogP contribution in [0.5, 0.6) is 11.5 Å². The average Bonchev–Trinajstić information content (AvgIpc) is 3.08. The van der Waals surface area contributed by atoms with Gasteiger partial charge in [-0.3, -0.25) is 9.59 Å². The highest BCUT2D eigenvalue weighted by Gasteiger charge is 2.33. The average molecular weight is 354 g/mol. The van der Waals surface area contributed by atoms with Gasteiger partial charge in [-0.2, -0.15) is 5.01 Å². The number of hydrazone groups is 1. The Labute approximate surface area is 150 Å². The summed E-state index contributed by atoms with van der Waals surface area (Å²) in [5.74, 6) is 0.253. The number of ether oxygens (including phenoxy) is 3. The number of methoxy groups -OCH3 is 1. The molecule has 0 spiro atoms.